The van der Waals surface area contributed by atoms with Gasteiger partial charge in [-0.3, -0.25) is 0 Å². The summed E-state index contributed by atoms with van der Waals surface area (Å²) in [5.41, 5.74) is 0. The third kappa shape index (κ3) is 6.01. The van der Waals surface area contributed by atoms with E-state index in [1.807, 2.05) is 11.3 Å². The molecule has 0 bridgehead atoms. The number of rotatable bonds is 10. The maximum Gasteiger partial charge on any atom is 0.0414 e. The third-order valence-corrected chi connectivity index (χ3v) is 4.52. The molecule has 104 valence electrons. The van der Waals surface area contributed by atoms with Gasteiger partial charge >= 0.3 is 0 Å². The fourth-order valence-corrected chi connectivity index (χ4v) is 3.35. The molecule has 1 atom stereocenters. The van der Waals surface area contributed by atoms with Crippen LogP contribution in [0.25, 0.3) is 0 Å². The first-order valence-electron chi connectivity index (χ1n) is 7.57. The van der Waals surface area contributed by atoms with E-state index in [0.717, 1.165) is 6.54 Å². The van der Waals surface area contributed by atoms with Gasteiger partial charge in [-0.15, -0.1) is 11.3 Å². The molecule has 0 saturated heterocycles. The summed E-state index contributed by atoms with van der Waals surface area (Å²) in [5.74, 6) is 0. The molecule has 0 fully saturated rings. The topological polar surface area (TPSA) is 12.0 Å². The number of thiophene rings is 1. The Morgan fingerprint density at radius 3 is 2.39 bits per heavy atom. The summed E-state index contributed by atoms with van der Waals surface area (Å²) in [6, 6.07) is 5.12. The maximum absolute atomic E-state index is 3.62. The molecule has 0 aliphatic carbocycles. The minimum atomic E-state index is 0.583. The maximum atomic E-state index is 3.62. The molecule has 0 radical (unpaired) electrons. The Hall–Kier alpha value is -0.340. The van der Waals surface area contributed by atoms with Gasteiger partial charge in [-0.2, -0.15) is 0 Å². The molecule has 0 amide bonds. The Kier molecular flexibility index (Phi) is 8.36. The van der Waals surface area contributed by atoms with Crippen molar-refractivity contribution >= 4 is 11.3 Å². The molecular formula is C16H29NS. The number of unbranched alkanes of at least 4 members (excludes halogenated alkanes) is 5. The smallest absolute Gasteiger partial charge is 0.0414 e. The van der Waals surface area contributed by atoms with Gasteiger partial charge < -0.3 is 5.32 Å². The van der Waals surface area contributed by atoms with Crippen LogP contribution in [0.4, 0.5) is 0 Å². The highest BCUT2D eigenvalue weighted by atomic mass is 32.1. The zero-order chi connectivity index (χ0) is 13.2. The molecule has 1 heterocycles. The summed E-state index contributed by atoms with van der Waals surface area (Å²) < 4.78 is 0. The zero-order valence-corrected chi connectivity index (χ0v) is 13.1. The highest BCUT2D eigenvalue weighted by Crippen LogP contribution is 2.26. The minimum absolute atomic E-state index is 0.583. The van der Waals surface area contributed by atoms with Gasteiger partial charge in [-0.1, -0.05) is 52.4 Å². The lowest BCUT2D eigenvalue weighted by atomic mass is 10.0. The fraction of sp³-hybridized carbons (Fsp3) is 0.750. The van der Waals surface area contributed by atoms with Crippen LogP contribution in [0.5, 0.6) is 0 Å². The summed E-state index contributed by atoms with van der Waals surface area (Å²) in [5, 5.41) is 3.62. The second-order valence-electron chi connectivity index (χ2n) is 5.12. The van der Waals surface area contributed by atoms with Gasteiger partial charge in [0.05, 0.1) is 0 Å². The van der Waals surface area contributed by atoms with Crippen molar-refractivity contribution in [3.8, 4) is 0 Å². The van der Waals surface area contributed by atoms with Crippen molar-refractivity contribution in [2.45, 2.75) is 71.8 Å². The fourth-order valence-electron chi connectivity index (χ4n) is 2.36. The van der Waals surface area contributed by atoms with Crippen molar-refractivity contribution in [3.05, 3.63) is 21.9 Å². The Labute approximate surface area is 117 Å². The summed E-state index contributed by atoms with van der Waals surface area (Å²) in [7, 11) is 0. The molecule has 0 aliphatic heterocycles. The molecule has 1 aromatic heterocycles. The second kappa shape index (κ2) is 9.57. The van der Waals surface area contributed by atoms with Gasteiger partial charge in [0.25, 0.3) is 0 Å². The van der Waals surface area contributed by atoms with E-state index in [0.29, 0.717) is 6.04 Å². The lowest BCUT2D eigenvalue weighted by Crippen LogP contribution is -2.19. The largest absolute Gasteiger partial charge is 0.310 e. The van der Waals surface area contributed by atoms with E-state index in [2.05, 4.69) is 38.2 Å². The first-order valence-corrected chi connectivity index (χ1v) is 8.39. The predicted molar refractivity (Wildman–Crippen MR) is 83.5 cm³/mol. The number of aryl methyl sites for hydroxylation is 1. The highest BCUT2D eigenvalue weighted by molar-refractivity contribution is 7.12. The Bertz CT molecular complexity index is 306. The van der Waals surface area contributed by atoms with Crippen LogP contribution in [0.3, 0.4) is 0 Å². The van der Waals surface area contributed by atoms with Crippen LogP contribution in [-0.2, 0) is 0 Å². The third-order valence-electron chi connectivity index (χ3n) is 3.40. The molecule has 18 heavy (non-hydrogen) atoms. The van der Waals surface area contributed by atoms with E-state index >= 15 is 0 Å². The molecule has 1 nitrogen and oxygen atoms in total. The van der Waals surface area contributed by atoms with Crippen LogP contribution in [0.2, 0.25) is 0 Å². The molecule has 1 aromatic rings. The van der Waals surface area contributed by atoms with E-state index < -0.39 is 0 Å². The average Bonchev–Trinajstić information content (AvgIpc) is 2.79. The van der Waals surface area contributed by atoms with Crippen LogP contribution in [0.1, 0.15) is 74.6 Å². The molecule has 2 heteroatoms. The van der Waals surface area contributed by atoms with Crippen molar-refractivity contribution in [1.29, 1.82) is 0 Å². The van der Waals surface area contributed by atoms with Crippen LogP contribution in [-0.4, -0.2) is 6.54 Å². The molecule has 1 unspecified atom stereocenters. The van der Waals surface area contributed by atoms with Gasteiger partial charge in [0.15, 0.2) is 0 Å². The molecule has 0 aromatic carbocycles. The summed E-state index contributed by atoms with van der Waals surface area (Å²) in [4.78, 5) is 2.94. The van der Waals surface area contributed by atoms with Crippen LogP contribution >= 0.6 is 11.3 Å². The summed E-state index contributed by atoms with van der Waals surface area (Å²) >= 11 is 1.95. The quantitative estimate of drug-likeness (QED) is 0.555. The SMILES string of the molecule is CCCCCCCCC(NCC)c1ccc(C)s1. The van der Waals surface area contributed by atoms with E-state index in [9.17, 15) is 0 Å². The molecule has 0 saturated carbocycles. The summed E-state index contributed by atoms with van der Waals surface area (Å²) in [6.45, 7) is 7.74. The van der Waals surface area contributed by atoms with Gasteiger partial charge in [-0.05, 0) is 32.0 Å². The van der Waals surface area contributed by atoms with E-state index in [1.165, 1.54) is 54.7 Å². The molecule has 1 N–H and O–H groups in total. The van der Waals surface area contributed by atoms with Crippen LogP contribution < -0.4 is 5.32 Å². The van der Waals surface area contributed by atoms with Crippen molar-refractivity contribution in [2.24, 2.45) is 0 Å². The predicted octanol–water partition coefficient (Wildman–Crippen LogP) is 5.46. The van der Waals surface area contributed by atoms with Crippen molar-refractivity contribution < 1.29 is 0 Å². The monoisotopic (exact) mass is 267 g/mol. The number of nitrogens with one attached hydrogen (secondary N) is 1. The van der Waals surface area contributed by atoms with Gasteiger partial charge in [-0.25, -0.2) is 0 Å². The standard InChI is InChI=1S/C16H29NS/c1-4-6-7-8-9-10-11-15(17-5-2)16-13-12-14(3)18-16/h12-13,15,17H,4-11H2,1-3H3. The lowest BCUT2D eigenvalue weighted by Gasteiger charge is -2.16. The number of hydrogen-bond acceptors (Lipinski definition) is 2. The Morgan fingerprint density at radius 1 is 1.06 bits per heavy atom. The number of hydrogen-bond donors (Lipinski definition) is 1. The minimum Gasteiger partial charge on any atom is -0.310 e. The summed E-state index contributed by atoms with van der Waals surface area (Å²) in [6.07, 6.45) is 9.62. The molecule has 1 rings (SSSR count). The van der Waals surface area contributed by atoms with E-state index in [-0.39, 0.29) is 0 Å². The zero-order valence-electron chi connectivity index (χ0n) is 12.3. The van der Waals surface area contributed by atoms with Crippen LogP contribution in [0.15, 0.2) is 12.1 Å². The van der Waals surface area contributed by atoms with Gasteiger partial charge in [0.2, 0.25) is 0 Å². The normalized spacial score (nSPS) is 12.8. The van der Waals surface area contributed by atoms with E-state index in [4.69, 9.17) is 0 Å². The molecule has 0 spiro atoms. The van der Waals surface area contributed by atoms with Crippen molar-refractivity contribution in [2.75, 3.05) is 6.54 Å². The first-order chi connectivity index (χ1) is 8.77. The van der Waals surface area contributed by atoms with Gasteiger partial charge in [0.1, 0.15) is 0 Å². The lowest BCUT2D eigenvalue weighted by molar-refractivity contribution is 0.482. The van der Waals surface area contributed by atoms with Crippen LogP contribution in [0, 0.1) is 6.92 Å². The highest BCUT2D eigenvalue weighted by Gasteiger charge is 2.11. The average molecular weight is 267 g/mol. The Balaban J connectivity index is 2.26. The second-order valence-corrected chi connectivity index (χ2v) is 6.43. The van der Waals surface area contributed by atoms with Gasteiger partial charge in [0, 0.05) is 15.8 Å². The van der Waals surface area contributed by atoms with E-state index in [1.54, 1.807) is 0 Å². The molecular weight excluding hydrogens is 238 g/mol. The van der Waals surface area contributed by atoms with Crippen molar-refractivity contribution in [3.63, 3.8) is 0 Å². The Morgan fingerprint density at radius 2 is 1.78 bits per heavy atom. The molecule has 0 aliphatic rings. The first kappa shape index (κ1) is 15.7. The van der Waals surface area contributed by atoms with Crippen molar-refractivity contribution in [1.82, 2.24) is 5.32 Å².